The van der Waals surface area contributed by atoms with Crippen LogP contribution in [0.5, 0.6) is 0 Å². The van der Waals surface area contributed by atoms with Gasteiger partial charge in [0.2, 0.25) is 0 Å². The van der Waals surface area contributed by atoms with Crippen LogP contribution in [-0.2, 0) is 6.67 Å². The molecule has 1 fully saturated rings. The van der Waals surface area contributed by atoms with Gasteiger partial charge in [-0.3, -0.25) is 9.58 Å². The Morgan fingerprint density at radius 3 is 3.00 bits per heavy atom. The summed E-state index contributed by atoms with van der Waals surface area (Å²) < 4.78 is 2.12. The molecule has 1 aliphatic heterocycles. The Morgan fingerprint density at radius 2 is 2.17 bits per heavy atom. The molecule has 0 N–H and O–H groups in total. The van der Waals surface area contributed by atoms with Crippen LogP contribution in [-0.4, -0.2) is 27.8 Å². The molecule has 0 aliphatic carbocycles. The summed E-state index contributed by atoms with van der Waals surface area (Å²) in [5.41, 5.74) is 1.24. The van der Waals surface area contributed by atoms with Crippen molar-refractivity contribution in [2.75, 3.05) is 13.1 Å². The predicted molar refractivity (Wildman–Crippen MR) is 77.0 cm³/mol. The minimum absolute atomic E-state index is 0. The zero-order chi connectivity index (χ0) is 11.7. The van der Waals surface area contributed by atoms with E-state index in [1.807, 2.05) is 6.20 Å². The summed E-state index contributed by atoms with van der Waals surface area (Å²) in [5, 5.41) is 5.72. The van der Waals surface area contributed by atoms with Crippen molar-refractivity contribution in [3.63, 3.8) is 0 Å². The summed E-state index contributed by atoms with van der Waals surface area (Å²) in [4.78, 5) is 2.51. The molecule has 3 rings (SSSR count). The third kappa shape index (κ3) is 2.68. The number of rotatable bonds is 2. The first-order chi connectivity index (χ1) is 8.33. The highest BCUT2D eigenvalue weighted by Gasteiger charge is 2.16. The second-order valence-corrected chi connectivity index (χ2v) is 5.17. The lowest BCUT2D eigenvalue weighted by atomic mass is 10.0. The molecule has 1 aromatic carbocycles. The van der Waals surface area contributed by atoms with Crippen LogP contribution in [0.15, 0.2) is 30.5 Å². The van der Waals surface area contributed by atoms with Crippen molar-refractivity contribution in [1.29, 1.82) is 0 Å². The summed E-state index contributed by atoms with van der Waals surface area (Å²) in [6, 6.07) is 8.42. The Labute approximate surface area is 114 Å². The first-order valence-corrected chi connectivity index (χ1v) is 6.46. The van der Waals surface area contributed by atoms with E-state index in [1.165, 1.54) is 36.8 Å². The summed E-state index contributed by atoms with van der Waals surface area (Å²) in [7, 11) is 0. The van der Waals surface area contributed by atoms with Crippen LogP contribution < -0.4 is 0 Å². The molecule has 2 aromatic rings. The van der Waals surface area contributed by atoms with Crippen LogP contribution in [0.4, 0.5) is 0 Å². The van der Waals surface area contributed by atoms with Gasteiger partial charge in [0.15, 0.2) is 0 Å². The number of aromatic nitrogens is 2. The standard InChI is InChI=1S/C14H19N3.ClH/c1-12-5-4-8-16(10-12)11-17-14-7-3-2-6-13(14)9-15-17;/h2-3,6-7,9,12H,4-5,8,10-11H2,1H3;1H. The lowest BCUT2D eigenvalue weighted by Crippen LogP contribution is -2.35. The zero-order valence-corrected chi connectivity index (χ0v) is 11.6. The number of likely N-dealkylation sites (tertiary alicyclic amines) is 1. The number of hydrogen-bond acceptors (Lipinski definition) is 2. The van der Waals surface area contributed by atoms with Crippen LogP contribution in [0.25, 0.3) is 10.9 Å². The Bertz CT molecular complexity index is 508. The van der Waals surface area contributed by atoms with Gasteiger partial charge in [0.25, 0.3) is 0 Å². The SMILES string of the molecule is CC1CCCN(Cn2ncc3ccccc32)C1.Cl. The fourth-order valence-electron chi connectivity index (χ4n) is 2.74. The smallest absolute Gasteiger partial charge is 0.0936 e. The summed E-state index contributed by atoms with van der Waals surface area (Å²) in [6.45, 7) is 5.68. The molecule has 2 heterocycles. The fourth-order valence-corrected chi connectivity index (χ4v) is 2.74. The van der Waals surface area contributed by atoms with Gasteiger partial charge in [0, 0.05) is 11.9 Å². The molecule has 0 bridgehead atoms. The second kappa shape index (κ2) is 5.72. The molecule has 4 heteroatoms. The number of para-hydroxylation sites is 1. The molecule has 0 saturated carbocycles. The second-order valence-electron chi connectivity index (χ2n) is 5.17. The molecule has 1 aliphatic rings. The number of piperidine rings is 1. The van der Waals surface area contributed by atoms with Crippen molar-refractivity contribution in [3.05, 3.63) is 30.5 Å². The largest absolute Gasteiger partial charge is 0.284 e. The first kappa shape index (κ1) is 13.4. The van der Waals surface area contributed by atoms with Gasteiger partial charge in [-0.1, -0.05) is 25.1 Å². The average Bonchev–Trinajstić information content (AvgIpc) is 2.73. The molecule has 3 nitrogen and oxygen atoms in total. The van der Waals surface area contributed by atoms with E-state index in [0.29, 0.717) is 0 Å². The molecule has 1 saturated heterocycles. The Morgan fingerprint density at radius 1 is 1.33 bits per heavy atom. The average molecular weight is 266 g/mol. The molecule has 0 spiro atoms. The Kier molecular flexibility index (Phi) is 4.25. The summed E-state index contributed by atoms with van der Waals surface area (Å²) >= 11 is 0. The summed E-state index contributed by atoms with van der Waals surface area (Å²) in [6.07, 6.45) is 4.65. The molecule has 0 radical (unpaired) electrons. The van der Waals surface area contributed by atoms with Crippen molar-refractivity contribution in [2.45, 2.75) is 26.4 Å². The normalized spacial score (nSPS) is 20.8. The van der Waals surface area contributed by atoms with Gasteiger partial charge in [-0.15, -0.1) is 12.4 Å². The van der Waals surface area contributed by atoms with Gasteiger partial charge in [-0.05, 0) is 31.4 Å². The van der Waals surface area contributed by atoms with Gasteiger partial charge in [0.1, 0.15) is 0 Å². The van der Waals surface area contributed by atoms with Crippen molar-refractivity contribution in [2.24, 2.45) is 5.92 Å². The maximum absolute atomic E-state index is 4.49. The van der Waals surface area contributed by atoms with Crippen molar-refractivity contribution < 1.29 is 0 Å². The molecular weight excluding hydrogens is 246 g/mol. The molecule has 1 aromatic heterocycles. The number of halogens is 1. The lowest BCUT2D eigenvalue weighted by Gasteiger charge is -2.30. The number of fused-ring (bicyclic) bond motifs is 1. The highest BCUT2D eigenvalue weighted by molar-refractivity contribution is 5.85. The van der Waals surface area contributed by atoms with Crippen LogP contribution >= 0.6 is 12.4 Å². The molecule has 98 valence electrons. The quantitative estimate of drug-likeness (QED) is 0.832. The van der Waals surface area contributed by atoms with Gasteiger partial charge < -0.3 is 0 Å². The van der Waals surface area contributed by atoms with E-state index in [2.05, 4.69) is 45.9 Å². The molecule has 18 heavy (non-hydrogen) atoms. The van der Waals surface area contributed by atoms with Gasteiger partial charge >= 0.3 is 0 Å². The molecule has 1 unspecified atom stereocenters. The van der Waals surface area contributed by atoms with E-state index in [4.69, 9.17) is 0 Å². The molecule has 0 amide bonds. The van der Waals surface area contributed by atoms with Crippen molar-refractivity contribution in [1.82, 2.24) is 14.7 Å². The predicted octanol–water partition coefficient (Wildman–Crippen LogP) is 3.15. The van der Waals surface area contributed by atoms with E-state index >= 15 is 0 Å². The van der Waals surface area contributed by atoms with E-state index < -0.39 is 0 Å². The first-order valence-electron chi connectivity index (χ1n) is 6.46. The van der Waals surface area contributed by atoms with Crippen molar-refractivity contribution >= 4 is 23.3 Å². The summed E-state index contributed by atoms with van der Waals surface area (Å²) in [5.74, 6) is 0.825. The fraction of sp³-hybridized carbons (Fsp3) is 0.500. The Hall–Kier alpha value is -1.06. The zero-order valence-electron chi connectivity index (χ0n) is 10.7. The van der Waals surface area contributed by atoms with E-state index in [9.17, 15) is 0 Å². The monoisotopic (exact) mass is 265 g/mol. The number of hydrogen-bond donors (Lipinski definition) is 0. The minimum atomic E-state index is 0. The van der Waals surface area contributed by atoms with E-state index in [0.717, 1.165) is 12.6 Å². The topological polar surface area (TPSA) is 21.1 Å². The minimum Gasteiger partial charge on any atom is -0.284 e. The lowest BCUT2D eigenvalue weighted by molar-refractivity contribution is 0.141. The van der Waals surface area contributed by atoms with Crippen LogP contribution in [0.3, 0.4) is 0 Å². The maximum atomic E-state index is 4.49. The third-order valence-electron chi connectivity index (χ3n) is 3.63. The third-order valence-corrected chi connectivity index (χ3v) is 3.63. The van der Waals surface area contributed by atoms with Crippen LogP contribution in [0, 0.1) is 5.92 Å². The van der Waals surface area contributed by atoms with Crippen LogP contribution in [0.1, 0.15) is 19.8 Å². The van der Waals surface area contributed by atoms with E-state index in [-0.39, 0.29) is 12.4 Å². The highest BCUT2D eigenvalue weighted by Crippen LogP contribution is 2.18. The van der Waals surface area contributed by atoms with Crippen molar-refractivity contribution in [3.8, 4) is 0 Å². The van der Waals surface area contributed by atoms with Gasteiger partial charge in [0.05, 0.1) is 18.4 Å². The molecule has 1 atom stereocenters. The van der Waals surface area contributed by atoms with E-state index in [1.54, 1.807) is 0 Å². The van der Waals surface area contributed by atoms with Gasteiger partial charge in [-0.25, -0.2) is 0 Å². The Balaban J connectivity index is 0.00000120. The van der Waals surface area contributed by atoms with Gasteiger partial charge in [-0.2, -0.15) is 5.10 Å². The maximum Gasteiger partial charge on any atom is 0.0936 e. The number of benzene rings is 1. The molecular formula is C14H20ClN3. The van der Waals surface area contributed by atoms with Crippen LogP contribution in [0.2, 0.25) is 0 Å². The number of nitrogens with zero attached hydrogens (tertiary/aromatic N) is 3. The highest BCUT2D eigenvalue weighted by atomic mass is 35.5.